The first-order valence-electron chi connectivity index (χ1n) is 10.4. The monoisotopic (exact) mass is 520 g/mol. The molecule has 0 saturated carbocycles. The number of carbonyl (C=O) groups excluding carboxylic acids is 1. The fraction of sp³-hybridized carbons (Fsp3) is 0.409. The number of ether oxygens (including phenoxy) is 1. The van der Waals surface area contributed by atoms with Gasteiger partial charge in [0, 0.05) is 12.1 Å². The van der Waals surface area contributed by atoms with Crippen LogP contribution in [0.3, 0.4) is 0 Å². The lowest BCUT2D eigenvalue weighted by molar-refractivity contribution is -0.141. The highest BCUT2D eigenvalue weighted by atomic mass is 32.2. The quantitative estimate of drug-likeness (QED) is 0.306. The van der Waals surface area contributed by atoms with E-state index in [2.05, 4.69) is 0 Å². The van der Waals surface area contributed by atoms with Crippen molar-refractivity contribution in [3.05, 3.63) is 59.4 Å². The van der Waals surface area contributed by atoms with Gasteiger partial charge in [-0.05, 0) is 54.3 Å². The van der Waals surface area contributed by atoms with E-state index in [0.717, 1.165) is 16.4 Å². The highest BCUT2D eigenvalue weighted by Gasteiger charge is 2.50. The number of benzene rings is 2. The largest absolute Gasteiger partial charge is 0.489 e. The summed E-state index contributed by atoms with van der Waals surface area (Å²) in [5, 5.41) is 19.3. The summed E-state index contributed by atoms with van der Waals surface area (Å²) in [5.74, 6) is -1.81. The Morgan fingerprint density at radius 1 is 1.20 bits per heavy atom. The predicted molar refractivity (Wildman–Crippen MR) is 114 cm³/mol. The Labute approximate surface area is 199 Å². The molecule has 35 heavy (non-hydrogen) atoms. The first kappa shape index (κ1) is 26.9. The minimum Gasteiger partial charge on any atom is -0.489 e. The third kappa shape index (κ3) is 5.74. The zero-order chi connectivity index (χ0) is 26.2. The van der Waals surface area contributed by atoms with Gasteiger partial charge in [0.1, 0.15) is 24.2 Å². The third-order valence-electron chi connectivity index (χ3n) is 5.74. The summed E-state index contributed by atoms with van der Waals surface area (Å²) in [5.41, 5.74) is -1.04. The van der Waals surface area contributed by atoms with Crippen LogP contribution in [0.4, 0.5) is 17.6 Å². The van der Waals surface area contributed by atoms with Crippen molar-refractivity contribution in [2.45, 2.75) is 50.1 Å². The maximum absolute atomic E-state index is 13.5. The van der Waals surface area contributed by atoms with E-state index < -0.39 is 63.2 Å². The SMILES string of the molecule is CC1(C)CC(O)CN(S(=O)(=O)c2ccc(OCc3cc(F)ccc3C(F)(F)F)cc2)C1C(=O)NO. The first-order chi connectivity index (χ1) is 16.2. The van der Waals surface area contributed by atoms with E-state index in [1.54, 1.807) is 13.8 Å². The molecule has 0 bridgehead atoms. The molecule has 2 aromatic rings. The average molecular weight is 521 g/mol. The Hall–Kier alpha value is -2.74. The highest BCUT2D eigenvalue weighted by Crippen LogP contribution is 2.39. The van der Waals surface area contributed by atoms with Crippen LogP contribution in [0.15, 0.2) is 47.4 Å². The van der Waals surface area contributed by atoms with Crippen molar-refractivity contribution in [1.29, 1.82) is 0 Å². The van der Waals surface area contributed by atoms with Crippen LogP contribution in [0.25, 0.3) is 0 Å². The van der Waals surface area contributed by atoms with Crippen LogP contribution < -0.4 is 10.2 Å². The second kappa shape index (κ2) is 9.72. The zero-order valence-electron chi connectivity index (χ0n) is 18.7. The molecule has 3 N–H and O–H groups in total. The predicted octanol–water partition coefficient (Wildman–Crippen LogP) is 3.08. The number of amides is 1. The number of hydroxylamine groups is 1. The smallest absolute Gasteiger partial charge is 0.416 e. The van der Waals surface area contributed by atoms with E-state index >= 15 is 0 Å². The number of aliphatic hydroxyl groups excluding tert-OH is 1. The molecular formula is C22H24F4N2O6S. The number of alkyl halides is 3. The molecule has 2 atom stereocenters. The van der Waals surface area contributed by atoms with Gasteiger partial charge in [-0.25, -0.2) is 18.3 Å². The van der Waals surface area contributed by atoms with Crippen molar-refractivity contribution in [3.8, 4) is 5.75 Å². The van der Waals surface area contributed by atoms with Crippen LogP contribution in [-0.2, 0) is 27.6 Å². The minimum atomic E-state index is -4.71. The van der Waals surface area contributed by atoms with Gasteiger partial charge in [0.15, 0.2) is 0 Å². The van der Waals surface area contributed by atoms with Gasteiger partial charge in [0.25, 0.3) is 5.91 Å². The van der Waals surface area contributed by atoms with Crippen LogP contribution in [0.5, 0.6) is 5.75 Å². The number of aliphatic hydroxyl groups is 1. The number of hydrogen-bond acceptors (Lipinski definition) is 6. The summed E-state index contributed by atoms with van der Waals surface area (Å²) in [6.45, 7) is 2.15. The molecule has 0 aliphatic carbocycles. The molecule has 1 heterocycles. The van der Waals surface area contributed by atoms with Gasteiger partial charge in [-0.2, -0.15) is 17.5 Å². The Morgan fingerprint density at radius 3 is 2.40 bits per heavy atom. The molecule has 1 amide bonds. The lowest BCUT2D eigenvalue weighted by atomic mass is 9.76. The number of nitrogens with zero attached hydrogens (tertiary/aromatic N) is 1. The van der Waals surface area contributed by atoms with Gasteiger partial charge >= 0.3 is 6.18 Å². The molecule has 1 aliphatic rings. The molecule has 192 valence electrons. The van der Waals surface area contributed by atoms with Crippen LogP contribution in [0, 0.1) is 11.2 Å². The van der Waals surface area contributed by atoms with Gasteiger partial charge in [-0.15, -0.1) is 0 Å². The molecule has 0 radical (unpaired) electrons. The third-order valence-corrected chi connectivity index (χ3v) is 7.58. The fourth-order valence-electron chi connectivity index (χ4n) is 4.23. The lowest BCUT2D eigenvalue weighted by Gasteiger charge is -2.45. The molecule has 3 rings (SSSR count). The summed E-state index contributed by atoms with van der Waals surface area (Å²) in [6.07, 6.45) is -5.66. The number of rotatable bonds is 6. The van der Waals surface area contributed by atoms with Crippen LogP contribution in [0.2, 0.25) is 0 Å². The molecule has 8 nitrogen and oxygen atoms in total. The van der Waals surface area contributed by atoms with E-state index in [1.165, 1.54) is 17.6 Å². The van der Waals surface area contributed by atoms with Crippen molar-refractivity contribution < 1.29 is 45.8 Å². The molecule has 0 spiro atoms. The zero-order valence-corrected chi connectivity index (χ0v) is 19.5. The van der Waals surface area contributed by atoms with E-state index in [1.807, 2.05) is 0 Å². The second-order valence-corrected chi connectivity index (χ2v) is 10.7. The van der Waals surface area contributed by atoms with Gasteiger partial charge in [0.2, 0.25) is 10.0 Å². The summed E-state index contributed by atoms with van der Waals surface area (Å²) in [4.78, 5) is 12.0. The van der Waals surface area contributed by atoms with Crippen molar-refractivity contribution in [2.75, 3.05) is 6.54 Å². The average Bonchev–Trinajstić information content (AvgIpc) is 2.75. The van der Waals surface area contributed by atoms with E-state index in [-0.39, 0.29) is 23.6 Å². The number of carbonyl (C=O) groups is 1. The molecule has 1 aliphatic heterocycles. The number of hydrogen-bond donors (Lipinski definition) is 3. The molecular weight excluding hydrogens is 496 g/mol. The summed E-state index contributed by atoms with van der Waals surface area (Å²) in [6, 6.07) is 5.35. The van der Waals surface area contributed by atoms with Crippen molar-refractivity contribution in [3.63, 3.8) is 0 Å². The van der Waals surface area contributed by atoms with Gasteiger partial charge in [-0.3, -0.25) is 10.0 Å². The fourth-order valence-corrected chi connectivity index (χ4v) is 6.01. The topological polar surface area (TPSA) is 116 Å². The van der Waals surface area contributed by atoms with Gasteiger partial charge in [0.05, 0.1) is 16.6 Å². The Morgan fingerprint density at radius 2 is 1.83 bits per heavy atom. The lowest BCUT2D eigenvalue weighted by Crippen LogP contribution is -2.62. The Kier molecular flexibility index (Phi) is 7.46. The molecule has 13 heteroatoms. The maximum Gasteiger partial charge on any atom is 0.416 e. The van der Waals surface area contributed by atoms with Crippen molar-refractivity contribution >= 4 is 15.9 Å². The molecule has 1 fully saturated rings. The number of β-amino-alcohol motifs (C(OH)–C–C–N with tert-alkyl or cyclic N) is 1. The van der Waals surface area contributed by atoms with Crippen molar-refractivity contribution in [1.82, 2.24) is 9.79 Å². The van der Waals surface area contributed by atoms with Gasteiger partial charge < -0.3 is 9.84 Å². The van der Waals surface area contributed by atoms with E-state index in [9.17, 15) is 35.9 Å². The van der Waals surface area contributed by atoms with Crippen LogP contribution in [-0.4, -0.2) is 47.6 Å². The molecule has 0 aromatic heterocycles. The summed E-state index contributed by atoms with van der Waals surface area (Å²) < 4.78 is 85.6. The van der Waals surface area contributed by atoms with Crippen LogP contribution in [0.1, 0.15) is 31.4 Å². The Balaban J connectivity index is 1.84. The normalized spacial score (nSPS) is 20.9. The number of sulfonamides is 1. The molecule has 1 saturated heterocycles. The minimum absolute atomic E-state index is 0.0185. The number of nitrogens with one attached hydrogen (secondary N) is 1. The first-order valence-corrected chi connectivity index (χ1v) is 11.8. The van der Waals surface area contributed by atoms with Crippen molar-refractivity contribution in [2.24, 2.45) is 5.41 Å². The van der Waals surface area contributed by atoms with Gasteiger partial charge in [-0.1, -0.05) is 13.8 Å². The molecule has 2 unspecified atom stereocenters. The van der Waals surface area contributed by atoms with E-state index in [4.69, 9.17) is 9.94 Å². The number of halogens is 4. The van der Waals surface area contributed by atoms with E-state index in [0.29, 0.717) is 18.2 Å². The van der Waals surface area contributed by atoms with Crippen LogP contribution >= 0.6 is 0 Å². The Bertz CT molecular complexity index is 1190. The second-order valence-electron chi connectivity index (χ2n) is 8.86. The number of piperidine rings is 1. The highest BCUT2D eigenvalue weighted by molar-refractivity contribution is 7.89. The maximum atomic E-state index is 13.5. The summed E-state index contributed by atoms with van der Waals surface area (Å²) >= 11 is 0. The molecule has 2 aromatic carbocycles. The standard InChI is InChI=1S/C22H24F4N2O6S/c1-21(2)10-15(29)11-28(19(21)20(30)27-31)35(32,33)17-6-4-16(5-7-17)34-12-13-9-14(23)3-8-18(13)22(24,25)26/h3-9,15,19,29,31H,10-12H2,1-2H3,(H,27,30). The summed E-state index contributed by atoms with van der Waals surface area (Å²) in [7, 11) is -4.34.